The zero-order valence-corrected chi connectivity index (χ0v) is 28.5. The van der Waals surface area contributed by atoms with Crippen LogP contribution in [0.5, 0.6) is 0 Å². The Kier molecular flexibility index (Phi) is 10.2. The average Bonchev–Trinajstić information content (AvgIpc) is 3.68. The van der Waals surface area contributed by atoms with E-state index in [1.807, 2.05) is 54.6 Å². The second kappa shape index (κ2) is 14.3. The van der Waals surface area contributed by atoms with Crippen LogP contribution in [0.2, 0.25) is 0 Å². The summed E-state index contributed by atoms with van der Waals surface area (Å²) in [4.78, 5) is 62.6. The van der Waals surface area contributed by atoms with Crippen LogP contribution in [0.3, 0.4) is 0 Å². The number of hydrogen-bond acceptors (Lipinski definition) is 7. The predicted molar refractivity (Wildman–Crippen MR) is 186 cm³/mol. The van der Waals surface area contributed by atoms with E-state index >= 15 is 0 Å². The number of nitrogens with one attached hydrogen (secondary N) is 4. The summed E-state index contributed by atoms with van der Waals surface area (Å²) in [5.74, 6) is -2.46. The van der Waals surface area contributed by atoms with Crippen molar-refractivity contribution in [2.75, 3.05) is 11.9 Å². The van der Waals surface area contributed by atoms with Crippen molar-refractivity contribution in [3.63, 3.8) is 0 Å². The molecular weight excluding hydrogens is 624 g/mol. The van der Waals surface area contributed by atoms with Gasteiger partial charge in [-0.1, -0.05) is 54.6 Å². The molecule has 0 fully saturated rings. The van der Waals surface area contributed by atoms with Gasteiger partial charge in [-0.05, 0) is 70.9 Å². The van der Waals surface area contributed by atoms with Crippen LogP contribution in [-0.4, -0.2) is 68.2 Å². The maximum atomic E-state index is 14.3. The number of para-hydroxylation sites is 1. The maximum absolute atomic E-state index is 14.3. The SMILES string of the molecule is CCOC(=O)C(c1ccccc1)c1n[nH]c2cccc(NC(=O)[C@@H](Cc3c[nH]c4ccccc34)NC(=O)C(C)(C)N(C=O)OC(C)(C)C)c12. The highest BCUT2D eigenvalue weighted by Crippen LogP contribution is 2.35. The number of aromatic nitrogens is 3. The summed E-state index contributed by atoms with van der Waals surface area (Å²) in [7, 11) is 0. The molecule has 5 rings (SSSR count). The molecule has 256 valence electrons. The standard InChI is InChI=1S/C37H42N6O6/c1-7-48-34(46)30(23-14-9-8-10-15-23)32-31-27(18-13-19-28(31)41-42-32)39-33(45)29(20-24-21-38-26-17-12-11-16-25(24)26)40-35(47)37(5,6)43(22-44)49-36(2,3)4/h8-19,21-22,29-30,38H,7,20H2,1-6H3,(H,39,45)(H,40,47)(H,41,42)/t29-,30?/m1/s1. The summed E-state index contributed by atoms with van der Waals surface area (Å²) in [6.45, 7) is 10.3. The molecule has 0 radical (unpaired) electrons. The molecule has 2 atom stereocenters. The van der Waals surface area contributed by atoms with Gasteiger partial charge in [-0.2, -0.15) is 5.10 Å². The number of hydroxylamine groups is 2. The first-order chi connectivity index (χ1) is 23.3. The molecule has 5 aromatic rings. The van der Waals surface area contributed by atoms with E-state index < -0.39 is 40.9 Å². The van der Waals surface area contributed by atoms with Crippen LogP contribution < -0.4 is 10.6 Å². The smallest absolute Gasteiger partial charge is 0.319 e. The van der Waals surface area contributed by atoms with Gasteiger partial charge in [0.2, 0.25) is 18.2 Å². The largest absolute Gasteiger partial charge is 0.465 e. The fraction of sp³-hybridized carbons (Fsp3) is 0.324. The summed E-state index contributed by atoms with van der Waals surface area (Å²) >= 11 is 0. The van der Waals surface area contributed by atoms with Crippen LogP contribution in [0.15, 0.2) is 79.0 Å². The highest BCUT2D eigenvalue weighted by atomic mass is 16.7. The number of ether oxygens (including phenoxy) is 1. The minimum absolute atomic E-state index is 0.128. The maximum Gasteiger partial charge on any atom is 0.319 e. The van der Waals surface area contributed by atoms with Crippen LogP contribution in [0.1, 0.15) is 64.3 Å². The van der Waals surface area contributed by atoms with Gasteiger partial charge >= 0.3 is 5.97 Å². The molecule has 0 saturated heterocycles. The van der Waals surface area contributed by atoms with E-state index in [-0.39, 0.29) is 13.0 Å². The first-order valence-corrected chi connectivity index (χ1v) is 16.1. The van der Waals surface area contributed by atoms with Gasteiger partial charge in [0.15, 0.2) is 0 Å². The van der Waals surface area contributed by atoms with Gasteiger partial charge in [0, 0.05) is 28.9 Å². The molecule has 0 aliphatic carbocycles. The molecule has 3 amide bonds. The number of amides is 3. The summed E-state index contributed by atoms with van der Waals surface area (Å²) in [5, 5.41) is 15.8. The molecule has 2 aromatic heterocycles. The van der Waals surface area contributed by atoms with Crippen LogP contribution in [0.25, 0.3) is 21.8 Å². The summed E-state index contributed by atoms with van der Waals surface area (Å²) in [6, 6.07) is 21.0. The Labute approximate surface area is 284 Å². The van der Waals surface area contributed by atoms with E-state index in [0.717, 1.165) is 21.5 Å². The molecule has 2 heterocycles. The summed E-state index contributed by atoms with van der Waals surface area (Å²) in [6.07, 6.45) is 2.39. The number of fused-ring (bicyclic) bond motifs is 2. The first kappa shape index (κ1) is 34.8. The van der Waals surface area contributed by atoms with E-state index in [2.05, 4.69) is 25.8 Å². The lowest BCUT2D eigenvalue weighted by molar-refractivity contribution is -0.247. The second-order valence-corrected chi connectivity index (χ2v) is 13.2. The molecule has 0 bridgehead atoms. The minimum Gasteiger partial charge on any atom is -0.465 e. The van der Waals surface area contributed by atoms with E-state index in [0.29, 0.717) is 34.3 Å². The van der Waals surface area contributed by atoms with E-state index in [4.69, 9.17) is 9.57 Å². The Morgan fingerprint density at radius 1 is 0.939 bits per heavy atom. The van der Waals surface area contributed by atoms with Gasteiger partial charge in [0.1, 0.15) is 17.5 Å². The lowest BCUT2D eigenvalue weighted by Gasteiger charge is -2.37. The van der Waals surface area contributed by atoms with Gasteiger partial charge in [-0.25, -0.2) is 5.06 Å². The van der Waals surface area contributed by atoms with Gasteiger partial charge < -0.3 is 20.4 Å². The lowest BCUT2D eigenvalue weighted by Crippen LogP contribution is -2.59. The first-order valence-electron chi connectivity index (χ1n) is 16.1. The fourth-order valence-corrected chi connectivity index (χ4v) is 5.63. The monoisotopic (exact) mass is 666 g/mol. The molecule has 0 aliphatic rings. The fourth-order valence-electron chi connectivity index (χ4n) is 5.63. The van der Waals surface area contributed by atoms with E-state index in [1.165, 1.54) is 0 Å². The van der Waals surface area contributed by atoms with Crippen molar-refractivity contribution in [2.24, 2.45) is 0 Å². The third kappa shape index (κ3) is 7.65. The third-order valence-corrected chi connectivity index (χ3v) is 8.10. The highest BCUT2D eigenvalue weighted by molar-refractivity contribution is 6.06. The molecule has 0 spiro atoms. The zero-order valence-electron chi connectivity index (χ0n) is 28.5. The molecule has 1 unspecified atom stereocenters. The van der Waals surface area contributed by atoms with Gasteiger partial charge in [-0.3, -0.25) is 29.1 Å². The normalized spacial score (nSPS) is 13.1. The minimum atomic E-state index is -1.48. The molecule has 0 aliphatic heterocycles. The molecule has 4 N–H and O–H groups in total. The van der Waals surface area contributed by atoms with Crippen molar-refractivity contribution in [2.45, 2.75) is 71.1 Å². The second-order valence-electron chi connectivity index (χ2n) is 13.2. The highest BCUT2D eigenvalue weighted by Gasteiger charge is 2.40. The number of H-pyrrole nitrogens is 2. The van der Waals surface area contributed by atoms with Crippen LogP contribution in [-0.2, 0) is 35.2 Å². The summed E-state index contributed by atoms with van der Waals surface area (Å²) < 4.78 is 5.45. The Balaban J connectivity index is 1.52. The average molecular weight is 667 g/mol. The Morgan fingerprint density at radius 3 is 2.33 bits per heavy atom. The Morgan fingerprint density at radius 2 is 1.63 bits per heavy atom. The number of nitrogens with zero attached hydrogens (tertiary/aromatic N) is 2. The quantitative estimate of drug-likeness (QED) is 0.0747. The number of aromatic amines is 2. The number of esters is 1. The summed E-state index contributed by atoms with van der Waals surface area (Å²) in [5.41, 5.74) is 1.50. The number of anilines is 1. The zero-order chi connectivity index (χ0) is 35.3. The number of carbonyl (C=O) groups excluding carboxylic acids is 4. The molecular formula is C37H42N6O6. The predicted octanol–water partition coefficient (Wildman–Crippen LogP) is 5.37. The Bertz CT molecular complexity index is 1960. The van der Waals surface area contributed by atoms with Gasteiger partial charge in [0.05, 0.1) is 29.1 Å². The molecule has 49 heavy (non-hydrogen) atoms. The Hall–Kier alpha value is -5.49. The number of benzene rings is 3. The number of hydrogen-bond donors (Lipinski definition) is 4. The van der Waals surface area contributed by atoms with Crippen LogP contribution in [0, 0.1) is 0 Å². The molecule has 12 nitrogen and oxygen atoms in total. The van der Waals surface area contributed by atoms with Crippen molar-refractivity contribution in [3.05, 3.63) is 95.8 Å². The van der Waals surface area contributed by atoms with Crippen LogP contribution in [0.4, 0.5) is 5.69 Å². The topological polar surface area (TPSA) is 159 Å². The van der Waals surface area contributed by atoms with Gasteiger partial charge in [0.25, 0.3) is 0 Å². The van der Waals surface area contributed by atoms with Crippen molar-refractivity contribution >= 4 is 51.7 Å². The van der Waals surface area contributed by atoms with E-state index in [1.54, 1.807) is 65.9 Å². The molecule has 3 aromatic carbocycles. The van der Waals surface area contributed by atoms with Gasteiger partial charge in [-0.15, -0.1) is 0 Å². The number of rotatable bonds is 13. The van der Waals surface area contributed by atoms with Crippen molar-refractivity contribution in [1.82, 2.24) is 25.6 Å². The van der Waals surface area contributed by atoms with Crippen molar-refractivity contribution in [3.8, 4) is 0 Å². The van der Waals surface area contributed by atoms with Crippen LogP contribution >= 0.6 is 0 Å². The third-order valence-electron chi connectivity index (χ3n) is 8.10. The molecule has 0 saturated carbocycles. The molecule has 12 heteroatoms. The number of carbonyl (C=O) groups is 4. The lowest BCUT2D eigenvalue weighted by atomic mass is 9.93. The van der Waals surface area contributed by atoms with Crippen molar-refractivity contribution < 1.29 is 28.8 Å². The van der Waals surface area contributed by atoms with E-state index in [9.17, 15) is 19.2 Å². The van der Waals surface area contributed by atoms with Crippen molar-refractivity contribution in [1.29, 1.82) is 0 Å².